The van der Waals surface area contributed by atoms with E-state index in [0.29, 0.717) is 0 Å². The van der Waals surface area contributed by atoms with E-state index in [9.17, 15) is 30.7 Å². The molecule has 0 saturated heterocycles. The van der Waals surface area contributed by atoms with Gasteiger partial charge in [-0.15, -0.1) is 0 Å². The van der Waals surface area contributed by atoms with Crippen LogP contribution in [-0.4, -0.2) is 6.18 Å². The number of halogens is 7. The molecular formula is C11H10F7N. The van der Waals surface area contributed by atoms with Gasteiger partial charge < -0.3 is 5.73 Å². The average molecular weight is 289 g/mol. The molecule has 0 unspecified atom stereocenters. The van der Waals surface area contributed by atoms with Gasteiger partial charge in [-0.2, -0.15) is 26.3 Å². The van der Waals surface area contributed by atoms with Crippen molar-refractivity contribution < 1.29 is 30.7 Å². The maximum absolute atomic E-state index is 12.8. The lowest BCUT2D eigenvalue weighted by Gasteiger charge is -2.19. The Labute approximate surface area is 104 Å². The highest BCUT2D eigenvalue weighted by molar-refractivity contribution is 5.32. The van der Waals surface area contributed by atoms with E-state index in [2.05, 4.69) is 0 Å². The number of benzene rings is 1. The van der Waals surface area contributed by atoms with Gasteiger partial charge in [0.15, 0.2) is 0 Å². The van der Waals surface area contributed by atoms with Crippen molar-refractivity contribution in [1.29, 1.82) is 0 Å². The Morgan fingerprint density at radius 1 is 1.05 bits per heavy atom. The summed E-state index contributed by atoms with van der Waals surface area (Å²) in [4.78, 5) is 0. The van der Waals surface area contributed by atoms with Crippen LogP contribution in [-0.2, 0) is 6.18 Å². The Balaban J connectivity index is 3.00. The summed E-state index contributed by atoms with van der Waals surface area (Å²) in [6, 6.07) is 0.263. The van der Waals surface area contributed by atoms with Gasteiger partial charge in [0.05, 0.1) is 5.56 Å². The lowest BCUT2D eigenvalue weighted by molar-refractivity contribution is -0.139. The normalized spacial score (nSPS) is 14.5. The van der Waals surface area contributed by atoms with Crippen LogP contribution in [0.3, 0.4) is 0 Å². The molecule has 0 fully saturated rings. The highest BCUT2D eigenvalue weighted by Crippen LogP contribution is 2.36. The van der Waals surface area contributed by atoms with Crippen LogP contribution in [0.4, 0.5) is 30.7 Å². The fourth-order valence-corrected chi connectivity index (χ4v) is 1.57. The molecule has 1 aromatic rings. The molecule has 0 saturated carbocycles. The van der Waals surface area contributed by atoms with Crippen molar-refractivity contribution in [2.24, 2.45) is 5.73 Å². The quantitative estimate of drug-likeness (QED) is 0.830. The van der Waals surface area contributed by atoms with E-state index in [4.69, 9.17) is 5.73 Å². The summed E-state index contributed by atoms with van der Waals surface area (Å²) in [5.74, 6) is -1.13. The molecule has 2 N–H and O–H groups in total. The van der Waals surface area contributed by atoms with Crippen LogP contribution < -0.4 is 5.73 Å². The zero-order chi connectivity index (χ0) is 14.8. The topological polar surface area (TPSA) is 26.0 Å². The second-order valence-corrected chi connectivity index (χ2v) is 3.99. The third-order valence-electron chi connectivity index (χ3n) is 2.46. The highest BCUT2D eigenvalue weighted by atomic mass is 19.4. The second kappa shape index (κ2) is 5.36. The summed E-state index contributed by atoms with van der Waals surface area (Å²) >= 11 is 0. The Hall–Kier alpha value is -1.31. The van der Waals surface area contributed by atoms with E-state index in [-0.39, 0.29) is 6.07 Å². The Morgan fingerprint density at radius 3 is 2.11 bits per heavy atom. The lowest BCUT2D eigenvalue weighted by atomic mass is 9.97. The third kappa shape index (κ3) is 4.70. The predicted octanol–water partition coefficient (Wildman–Crippen LogP) is 4.19. The van der Waals surface area contributed by atoms with Crippen molar-refractivity contribution in [1.82, 2.24) is 0 Å². The van der Waals surface area contributed by atoms with E-state index in [1.54, 1.807) is 0 Å². The molecule has 0 heterocycles. The van der Waals surface area contributed by atoms with Crippen LogP contribution in [0.1, 0.15) is 30.0 Å². The summed E-state index contributed by atoms with van der Waals surface area (Å²) in [5.41, 5.74) is 3.44. The van der Waals surface area contributed by atoms with Crippen LogP contribution in [0.5, 0.6) is 0 Å². The van der Waals surface area contributed by atoms with Crippen molar-refractivity contribution in [3.63, 3.8) is 0 Å². The molecule has 0 amide bonds. The first-order chi connectivity index (χ1) is 8.50. The standard InChI is InChI=1S/C11H10F7N/c12-6-1-2-7(8(5-6)11(16,17)18)9(19)3-4-10(13,14)15/h1-2,5,9H,3-4,19H2/t9-/m0/s1. The van der Waals surface area contributed by atoms with Crippen LogP contribution in [0.25, 0.3) is 0 Å². The first-order valence-electron chi connectivity index (χ1n) is 5.19. The first kappa shape index (κ1) is 15.7. The molecular weight excluding hydrogens is 279 g/mol. The van der Waals surface area contributed by atoms with Gasteiger partial charge in [0.2, 0.25) is 0 Å². The monoisotopic (exact) mass is 289 g/mol. The van der Waals surface area contributed by atoms with Crippen molar-refractivity contribution in [3.05, 3.63) is 35.1 Å². The molecule has 1 nitrogen and oxygen atoms in total. The summed E-state index contributed by atoms with van der Waals surface area (Å²) in [6.07, 6.45) is -11.4. The Kier molecular flexibility index (Phi) is 4.44. The van der Waals surface area contributed by atoms with Gasteiger partial charge in [-0.05, 0) is 24.1 Å². The van der Waals surface area contributed by atoms with Crippen molar-refractivity contribution >= 4 is 0 Å². The molecule has 0 aliphatic carbocycles. The number of rotatable bonds is 3. The average Bonchev–Trinajstić information content (AvgIpc) is 2.23. The summed E-state index contributed by atoms with van der Waals surface area (Å²) in [6.45, 7) is 0. The van der Waals surface area contributed by atoms with Crippen molar-refractivity contribution in [3.8, 4) is 0 Å². The molecule has 8 heteroatoms. The summed E-state index contributed by atoms with van der Waals surface area (Å²) in [7, 11) is 0. The number of alkyl halides is 6. The van der Waals surface area contributed by atoms with Crippen molar-refractivity contribution in [2.75, 3.05) is 0 Å². The summed E-state index contributed by atoms with van der Waals surface area (Å²) < 4.78 is 86.6. The minimum Gasteiger partial charge on any atom is -0.324 e. The van der Waals surface area contributed by atoms with Gasteiger partial charge in [-0.3, -0.25) is 0 Å². The van der Waals surface area contributed by atoms with E-state index < -0.39 is 48.2 Å². The number of hydrogen-bond acceptors (Lipinski definition) is 1. The molecule has 19 heavy (non-hydrogen) atoms. The third-order valence-corrected chi connectivity index (χ3v) is 2.46. The molecule has 0 aromatic heterocycles. The summed E-state index contributed by atoms with van der Waals surface area (Å²) in [5, 5.41) is 0. The minimum atomic E-state index is -4.87. The van der Waals surface area contributed by atoms with E-state index in [1.807, 2.05) is 0 Å². The molecule has 0 radical (unpaired) electrons. The van der Waals surface area contributed by atoms with Crippen LogP contribution in [0.2, 0.25) is 0 Å². The zero-order valence-electron chi connectivity index (χ0n) is 9.45. The highest BCUT2D eigenvalue weighted by Gasteiger charge is 2.36. The molecule has 0 bridgehead atoms. The molecule has 1 aromatic carbocycles. The number of nitrogens with two attached hydrogens (primary N) is 1. The SMILES string of the molecule is N[C@@H](CCC(F)(F)F)c1ccc(F)cc1C(F)(F)F. The van der Waals surface area contributed by atoms with E-state index in [1.165, 1.54) is 0 Å². The molecule has 0 aliphatic rings. The van der Waals surface area contributed by atoms with Gasteiger partial charge in [-0.25, -0.2) is 4.39 Å². The molecule has 1 rings (SSSR count). The largest absolute Gasteiger partial charge is 0.416 e. The molecule has 1 atom stereocenters. The van der Waals surface area contributed by atoms with Gasteiger partial charge in [0.25, 0.3) is 0 Å². The van der Waals surface area contributed by atoms with Crippen LogP contribution in [0.15, 0.2) is 18.2 Å². The predicted molar refractivity (Wildman–Crippen MR) is 53.6 cm³/mol. The minimum absolute atomic E-state index is 0.225. The molecule has 0 spiro atoms. The van der Waals surface area contributed by atoms with Gasteiger partial charge >= 0.3 is 12.4 Å². The first-order valence-corrected chi connectivity index (χ1v) is 5.19. The molecule has 108 valence electrons. The van der Waals surface area contributed by atoms with E-state index >= 15 is 0 Å². The van der Waals surface area contributed by atoms with Gasteiger partial charge in [0, 0.05) is 12.5 Å². The van der Waals surface area contributed by atoms with E-state index in [0.717, 1.165) is 12.1 Å². The maximum atomic E-state index is 12.8. The lowest BCUT2D eigenvalue weighted by Crippen LogP contribution is -2.20. The fraction of sp³-hybridized carbons (Fsp3) is 0.455. The van der Waals surface area contributed by atoms with Crippen LogP contribution >= 0.6 is 0 Å². The molecule has 0 aliphatic heterocycles. The smallest absolute Gasteiger partial charge is 0.324 e. The maximum Gasteiger partial charge on any atom is 0.416 e. The Bertz CT molecular complexity index is 436. The van der Waals surface area contributed by atoms with Crippen LogP contribution in [0, 0.1) is 5.82 Å². The van der Waals surface area contributed by atoms with Gasteiger partial charge in [-0.1, -0.05) is 6.07 Å². The number of hydrogen-bond donors (Lipinski definition) is 1. The second-order valence-electron chi connectivity index (χ2n) is 3.99. The zero-order valence-corrected chi connectivity index (χ0v) is 9.45. The van der Waals surface area contributed by atoms with Crippen molar-refractivity contribution in [2.45, 2.75) is 31.2 Å². The van der Waals surface area contributed by atoms with Gasteiger partial charge in [0.1, 0.15) is 5.82 Å². The fourth-order valence-electron chi connectivity index (χ4n) is 1.57. The Morgan fingerprint density at radius 2 is 1.63 bits per heavy atom.